The lowest BCUT2D eigenvalue weighted by Gasteiger charge is -2.02. The summed E-state index contributed by atoms with van der Waals surface area (Å²) in [5.74, 6) is 0. The number of rotatable bonds is 1. The van der Waals surface area contributed by atoms with Crippen LogP contribution in [-0.4, -0.2) is 0 Å². The van der Waals surface area contributed by atoms with Gasteiger partial charge in [0.1, 0.15) is 0 Å². The average Bonchev–Trinajstić information content (AvgIpc) is 2.95. The molecule has 4 aromatic rings. The first-order valence-corrected chi connectivity index (χ1v) is 9.09. The van der Waals surface area contributed by atoms with E-state index in [9.17, 15) is 0 Å². The molecule has 0 aliphatic heterocycles. The molecule has 3 aromatic carbocycles. The van der Waals surface area contributed by atoms with Crippen molar-refractivity contribution in [1.82, 2.24) is 0 Å². The Labute approximate surface area is 143 Å². The molecule has 0 spiro atoms. The zero-order valence-electron chi connectivity index (χ0n) is 12.6. The van der Waals surface area contributed by atoms with Gasteiger partial charge in [0.2, 0.25) is 0 Å². The minimum absolute atomic E-state index is 1.11. The quantitative estimate of drug-likeness (QED) is 0.326. The minimum atomic E-state index is 1.11. The number of benzene rings is 3. The van der Waals surface area contributed by atoms with Crippen molar-refractivity contribution < 1.29 is 0 Å². The van der Waals surface area contributed by atoms with Crippen LogP contribution < -0.4 is 0 Å². The van der Waals surface area contributed by atoms with Gasteiger partial charge in [0.15, 0.2) is 0 Å². The van der Waals surface area contributed by atoms with E-state index in [1.165, 1.54) is 31.3 Å². The lowest BCUT2D eigenvalue weighted by Crippen LogP contribution is -1.77. The van der Waals surface area contributed by atoms with E-state index >= 15 is 0 Å². The average molecular weight is 369 g/mol. The highest BCUT2D eigenvalue weighted by molar-refractivity contribution is 9.10. The highest BCUT2D eigenvalue weighted by Gasteiger charge is 2.06. The monoisotopic (exact) mass is 368 g/mol. The Morgan fingerprint density at radius 2 is 1.32 bits per heavy atom. The van der Waals surface area contributed by atoms with Gasteiger partial charge >= 0.3 is 0 Å². The first kappa shape index (κ1) is 15.3. The van der Waals surface area contributed by atoms with Crippen molar-refractivity contribution in [3.8, 4) is 11.1 Å². The van der Waals surface area contributed by atoms with E-state index in [4.69, 9.17) is 0 Å². The summed E-state index contributed by atoms with van der Waals surface area (Å²) in [4.78, 5) is 0. The van der Waals surface area contributed by atoms with Crippen molar-refractivity contribution in [1.29, 1.82) is 0 Å². The fourth-order valence-electron chi connectivity index (χ4n) is 2.55. The molecular formula is C20H17BrS. The van der Waals surface area contributed by atoms with Gasteiger partial charge in [-0.1, -0.05) is 66.2 Å². The van der Waals surface area contributed by atoms with Gasteiger partial charge in [0, 0.05) is 24.6 Å². The van der Waals surface area contributed by atoms with Gasteiger partial charge in [-0.05, 0) is 41.5 Å². The summed E-state index contributed by atoms with van der Waals surface area (Å²) < 4.78 is 3.82. The third-order valence-electron chi connectivity index (χ3n) is 3.55. The predicted octanol–water partition coefficient (Wildman–Crippen LogP) is 7.51. The van der Waals surface area contributed by atoms with Crippen LogP contribution in [0.5, 0.6) is 0 Å². The van der Waals surface area contributed by atoms with E-state index in [0.29, 0.717) is 0 Å². The molecule has 2 heteroatoms. The second kappa shape index (κ2) is 6.64. The molecule has 0 radical (unpaired) electrons. The van der Waals surface area contributed by atoms with Crippen LogP contribution in [0.1, 0.15) is 13.8 Å². The number of thiophene rings is 1. The lowest BCUT2D eigenvalue weighted by atomic mass is 10.0. The standard InChI is InChI=1S/C18H11BrS.C2H6/c19-14-8-5-12(6-9-14)13-7-10-18-16(11-13)15-3-1-2-4-17(15)20-18;1-2/h1-11H;1-2H3. The molecule has 0 fully saturated rings. The topological polar surface area (TPSA) is 0 Å². The fourth-order valence-corrected chi connectivity index (χ4v) is 3.90. The van der Waals surface area contributed by atoms with Gasteiger partial charge in [-0.2, -0.15) is 0 Å². The Morgan fingerprint density at radius 1 is 0.682 bits per heavy atom. The molecular weight excluding hydrogens is 352 g/mol. The SMILES string of the molecule is Brc1ccc(-c2ccc3sc4ccccc4c3c2)cc1.CC. The smallest absolute Gasteiger partial charge is 0.0355 e. The largest absolute Gasteiger partial charge is 0.135 e. The van der Waals surface area contributed by atoms with Crippen LogP contribution >= 0.6 is 27.3 Å². The highest BCUT2D eigenvalue weighted by atomic mass is 79.9. The van der Waals surface area contributed by atoms with Crippen molar-refractivity contribution in [3.63, 3.8) is 0 Å². The van der Waals surface area contributed by atoms with Crippen molar-refractivity contribution >= 4 is 47.4 Å². The normalized spacial score (nSPS) is 10.5. The summed E-state index contributed by atoms with van der Waals surface area (Å²) in [6.07, 6.45) is 0. The summed E-state index contributed by atoms with van der Waals surface area (Å²) >= 11 is 5.35. The summed E-state index contributed by atoms with van der Waals surface area (Å²) in [5.41, 5.74) is 2.53. The van der Waals surface area contributed by atoms with Crippen molar-refractivity contribution in [2.75, 3.05) is 0 Å². The Hall–Kier alpha value is -1.64. The number of fused-ring (bicyclic) bond motifs is 3. The number of hydrogen-bond acceptors (Lipinski definition) is 1. The van der Waals surface area contributed by atoms with Crippen LogP contribution in [0.25, 0.3) is 31.3 Å². The molecule has 1 aromatic heterocycles. The minimum Gasteiger partial charge on any atom is -0.135 e. The first-order chi connectivity index (χ1) is 10.8. The first-order valence-electron chi connectivity index (χ1n) is 7.48. The Kier molecular flexibility index (Phi) is 4.60. The van der Waals surface area contributed by atoms with Crippen molar-refractivity contribution in [2.45, 2.75) is 13.8 Å². The molecule has 22 heavy (non-hydrogen) atoms. The summed E-state index contributed by atoms with van der Waals surface area (Å²) in [6.45, 7) is 4.00. The van der Waals surface area contributed by atoms with E-state index in [1.54, 1.807) is 0 Å². The van der Waals surface area contributed by atoms with Crippen LogP contribution in [0.15, 0.2) is 71.2 Å². The predicted molar refractivity (Wildman–Crippen MR) is 104 cm³/mol. The Bertz CT molecular complexity index is 904. The van der Waals surface area contributed by atoms with Crippen LogP contribution in [-0.2, 0) is 0 Å². The maximum atomic E-state index is 3.49. The number of halogens is 1. The molecule has 0 saturated heterocycles. The molecule has 1 heterocycles. The van der Waals surface area contributed by atoms with Crippen LogP contribution in [0.2, 0.25) is 0 Å². The maximum absolute atomic E-state index is 3.49. The summed E-state index contributed by atoms with van der Waals surface area (Å²) in [7, 11) is 0. The van der Waals surface area contributed by atoms with Crippen LogP contribution in [0.3, 0.4) is 0 Å². The van der Waals surface area contributed by atoms with Crippen molar-refractivity contribution in [2.24, 2.45) is 0 Å². The molecule has 0 saturated carbocycles. The van der Waals surface area contributed by atoms with E-state index in [0.717, 1.165) is 4.47 Å². The molecule has 110 valence electrons. The van der Waals surface area contributed by atoms with E-state index in [-0.39, 0.29) is 0 Å². The molecule has 0 aliphatic carbocycles. The van der Waals surface area contributed by atoms with Crippen molar-refractivity contribution in [3.05, 3.63) is 71.2 Å². The molecule has 0 atom stereocenters. The van der Waals surface area contributed by atoms with E-state index in [2.05, 4.69) is 82.7 Å². The van der Waals surface area contributed by atoms with Gasteiger partial charge in [0.05, 0.1) is 0 Å². The third-order valence-corrected chi connectivity index (χ3v) is 5.23. The van der Waals surface area contributed by atoms with E-state index in [1.807, 2.05) is 25.2 Å². The van der Waals surface area contributed by atoms with Crippen LogP contribution in [0.4, 0.5) is 0 Å². The maximum Gasteiger partial charge on any atom is 0.0355 e. The van der Waals surface area contributed by atoms with Gasteiger partial charge in [0.25, 0.3) is 0 Å². The van der Waals surface area contributed by atoms with Gasteiger partial charge in [-0.15, -0.1) is 11.3 Å². The Morgan fingerprint density at radius 3 is 2.09 bits per heavy atom. The Balaban J connectivity index is 0.000000693. The van der Waals surface area contributed by atoms with Crippen LogP contribution in [0, 0.1) is 0 Å². The number of hydrogen-bond donors (Lipinski definition) is 0. The van der Waals surface area contributed by atoms with Gasteiger partial charge in [-0.3, -0.25) is 0 Å². The summed E-state index contributed by atoms with van der Waals surface area (Å²) in [5, 5.41) is 2.71. The zero-order valence-corrected chi connectivity index (χ0v) is 15.0. The third kappa shape index (κ3) is 2.81. The van der Waals surface area contributed by atoms with E-state index < -0.39 is 0 Å². The molecule has 0 bridgehead atoms. The molecule has 0 N–H and O–H groups in total. The molecule has 4 rings (SSSR count). The molecule has 0 nitrogen and oxygen atoms in total. The zero-order chi connectivity index (χ0) is 15.5. The summed E-state index contributed by atoms with van der Waals surface area (Å²) in [6, 6.07) is 23.8. The highest BCUT2D eigenvalue weighted by Crippen LogP contribution is 2.36. The fraction of sp³-hybridized carbons (Fsp3) is 0.100. The van der Waals surface area contributed by atoms with Gasteiger partial charge < -0.3 is 0 Å². The lowest BCUT2D eigenvalue weighted by molar-refractivity contribution is 1.50. The molecule has 0 unspecified atom stereocenters. The molecule has 0 amide bonds. The molecule has 0 aliphatic rings. The van der Waals surface area contributed by atoms with Gasteiger partial charge in [-0.25, -0.2) is 0 Å². The second-order valence-corrected chi connectivity index (χ2v) is 6.82. The second-order valence-electron chi connectivity index (χ2n) is 4.82.